The van der Waals surface area contributed by atoms with Crippen LogP contribution in [0, 0.1) is 0 Å². The Kier molecular flexibility index (Phi) is 3.57. The third-order valence-corrected chi connectivity index (χ3v) is 4.39. The van der Waals surface area contributed by atoms with Crippen molar-refractivity contribution in [3.63, 3.8) is 0 Å². The summed E-state index contributed by atoms with van der Waals surface area (Å²) in [7, 11) is 1.61. The minimum absolute atomic E-state index is 0.0455. The molecule has 5 heteroatoms. The predicted molar refractivity (Wildman–Crippen MR) is 79.3 cm³/mol. The maximum absolute atomic E-state index is 12.8. The number of hydrogen-bond acceptors (Lipinski definition) is 3. The Hall–Kier alpha value is -2.04. The fourth-order valence-electron chi connectivity index (χ4n) is 3.31. The van der Waals surface area contributed by atoms with Gasteiger partial charge in [0.05, 0.1) is 7.11 Å². The number of methoxy groups -OCH3 is 1. The molecule has 2 fully saturated rings. The number of carbonyl (C=O) groups excluding carboxylic acids is 2. The average Bonchev–Trinajstić information content (AvgIpc) is 3.01. The van der Waals surface area contributed by atoms with E-state index in [1.165, 1.54) is 0 Å². The van der Waals surface area contributed by atoms with E-state index in [2.05, 4.69) is 0 Å². The molecule has 2 amide bonds. The van der Waals surface area contributed by atoms with Crippen molar-refractivity contribution >= 4 is 17.5 Å². The minimum atomic E-state index is -0.389. The molecule has 2 aliphatic rings. The van der Waals surface area contributed by atoms with E-state index in [1.807, 2.05) is 31.2 Å². The normalized spacial score (nSPS) is 25.2. The van der Waals surface area contributed by atoms with Gasteiger partial charge in [0, 0.05) is 12.2 Å². The lowest BCUT2D eigenvalue weighted by Crippen LogP contribution is -2.62. The first-order chi connectivity index (χ1) is 10.2. The molecule has 0 aliphatic carbocycles. The summed E-state index contributed by atoms with van der Waals surface area (Å²) in [5.41, 5.74) is 0.771. The topological polar surface area (TPSA) is 49.9 Å². The van der Waals surface area contributed by atoms with Gasteiger partial charge in [-0.25, -0.2) is 0 Å². The molecule has 2 saturated heterocycles. The SMILES string of the molecule is CCC1C(=O)N2CCCC2C(=O)N1c1ccc(OC)cc1. The Bertz CT molecular complexity index is 555. The number of hydrogen-bond donors (Lipinski definition) is 0. The molecule has 112 valence electrons. The lowest BCUT2D eigenvalue weighted by Gasteiger charge is -2.42. The zero-order chi connectivity index (χ0) is 15.0. The van der Waals surface area contributed by atoms with Crippen LogP contribution in [0.5, 0.6) is 5.75 Å². The summed E-state index contributed by atoms with van der Waals surface area (Å²) in [6.45, 7) is 2.66. The molecule has 0 saturated carbocycles. The van der Waals surface area contributed by atoms with Crippen LogP contribution in [0.4, 0.5) is 5.69 Å². The third-order valence-electron chi connectivity index (χ3n) is 4.39. The molecule has 1 aromatic carbocycles. The number of fused-ring (bicyclic) bond motifs is 1. The Morgan fingerprint density at radius 1 is 1.19 bits per heavy atom. The second-order valence-electron chi connectivity index (χ2n) is 5.52. The van der Waals surface area contributed by atoms with Gasteiger partial charge in [0.1, 0.15) is 17.8 Å². The fraction of sp³-hybridized carbons (Fsp3) is 0.500. The number of ether oxygens (including phenoxy) is 1. The highest BCUT2D eigenvalue weighted by atomic mass is 16.5. The van der Waals surface area contributed by atoms with E-state index in [0.29, 0.717) is 13.0 Å². The summed E-state index contributed by atoms with van der Waals surface area (Å²) >= 11 is 0. The molecule has 3 rings (SSSR count). The zero-order valence-electron chi connectivity index (χ0n) is 12.4. The van der Waals surface area contributed by atoms with E-state index < -0.39 is 0 Å². The van der Waals surface area contributed by atoms with Crippen molar-refractivity contribution in [1.82, 2.24) is 4.90 Å². The molecule has 0 radical (unpaired) electrons. The molecule has 2 heterocycles. The highest BCUT2D eigenvalue weighted by molar-refractivity contribution is 6.08. The maximum Gasteiger partial charge on any atom is 0.250 e. The van der Waals surface area contributed by atoms with Gasteiger partial charge in [-0.15, -0.1) is 0 Å². The molecule has 2 atom stereocenters. The average molecular weight is 288 g/mol. The highest BCUT2D eigenvalue weighted by Crippen LogP contribution is 2.32. The molecule has 2 aliphatic heterocycles. The van der Waals surface area contributed by atoms with Gasteiger partial charge in [-0.05, 0) is 43.5 Å². The fourth-order valence-corrected chi connectivity index (χ4v) is 3.31. The number of rotatable bonds is 3. The first-order valence-electron chi connectivity index (χ1n) is 7.45. The Balaban J connectivity index is 1.97. The van der Waals surface area contributed by atoms with Crippen LogP contribution in [-0.4, -0.2) is 42.5 Å². The van der Waals surface area contributed by atoms with Gasteiger partial charge in [-0.3, -0.25) is 14.5 Å². The van der Waals surface area contributed by atoms with Gasteiger partial charge >= 0.3 is 0 Å². The van der Waals surface area contributed by atoms with Crippen LogP contribution in [0.3, 0.4) is 0 Å². The number of carbonyl (C=O) groups is 2. The summed E-state index contributed by atoms with van der Waals surface area (Å²) in [5, 5.41) is 0. The van der Waals surface area contributed by atoms with E-state index in [9.17, 15) is 9.59 Å². The van der Waals surface area contributed by atoms with E-state index in [4.69, 9.17) is 4.74 Å². The Morgan fingerprint density at radius 2 is 1.90 bits per heavy atom. The van der Waals surface area contributed by atoms with Crippen LogP contribution < -0.4 is 9.64 Å². The molecule has 0 aromatic heterocycles. The largest absolute Gasteiger partial charge is 0.497 e. The van der Waals surface area contributed by atoms with E-state index >= 15 is 0 Å². The first-order valence-corrected chi connectivity index (χ1v) is 7.45. The van der Waals surface area contributed by atoms with Crippen molar-refractivity contribution < 1.29 is 14.3 Å². The second-order valence-corrected chi connectivity index (χ2v) is 5.52. The zero-order valence-corrected chi connectivity index (χ0v) is 12.4. The van der Waals surface area contributed by atoms with Crippen LogP contribution >= 0.6 is 0 Å². The standard InChI is InChI=1S/C16H20N2O3/c1-3-13-15(19)17-10-4-5-14(17)16(20)18(13)11-6-8-12(21-2)9-7-11/h6-9,13-14H,3-5,10H2,1-2H3. The highest BCUT2D eigenvalue weighted by Gasteiger charge is 2.47. The number of anilines is 1. The van der Waals surface area contributed by atoms with Crippen LogP contribution in [0.1, 0.15) is 26.2 Å². The van der Waals surface area contributed by atoms with E-state index in [-0.39, 0.29) is 23.9 Å². The van der Waals surface area contributed by atoms with Gasteiger partial charge in [0.25, 0.3) is 5.91 Å². The predicted octanol–water partition coefficient (Wildman–Crippen LogP) is 1.81. The van der Waals surface area contributed by atoms with Crippen molar-refractivity contribution in [1.29, 1.82) is 0 Å². The number of piperazine rings is 1. The molecule has 0 N–H and O–H groups in total. The second kappa shape index (κ2) is 5.39. The first kappa shape index (κ1) is 13.9. The molecule has 0 spiro atoms. The summed E-state index contributed by atoms with van der Waals surface area (Å²) in [4.78, 5) is 28.8. The minimum Gasteiger partial charge on any atom is -0.497 e. The summed E-state index contributed by atoms with van der Waals surface area (Å²) in [6, 6.07) is 6.67. The number of amides is 2. The van der Waals surface area contributed by atoms with Crippen molar-refractivity contribution in [3.05, 3.63) is 24.3 Å². The quantitative estimate of drug-likeness (QED) is 0.852. The molecule has 1 aromatic rings. The lowest BCUT2D eigenvalue weighted by molar-refractivity contribution is -0.144. The van der Waals surface area contributed by atoms with Crippen molar-refractivity contribution in [2.75, 3.05) is 18.6 Å². The van der Waals surface area contributed by atoms with Crippen molar-refractivity contribution in [3.8, 4) is 5.75 Å². The number of benzene rings is 1. The van der Waals surface area contributed by atoms with Gasteiger partial charge in [-0.2, -0.15) is 0 Å². The maximum atomic E-state index is 12.8. The van der Waals surface area contributed by atoms with E-state index in [0.717, 1.165) is 24.3 Å². The summed E-state index contributed by atoms with van der Waals surface area (Å²) in [5.74, 6) is 0.865. The van der Waals surface area contributed by atoms with Gasteiger partial charge in [0.15, 0.2) is 0 Å². The molecule has 2 unspecified atom stereocenters. The molecule has 21 heavy (non-hydrogen) atoms. The molecule has 5 nitrogen and oxygen atoms in total. The molecular weight excluding hydrogens is 268 g/mol. The smallest absolute Gasteiger partial charge is 0.250 e. The third kappa shape index (κ3) is 2.17. The van der Waals surface area contributed by atoms with Crippen LogP contribution in [0.25, 0.3) is 0 Å². The van der Waals surface area contributed by atoms with Crippen LogP contribution in [-0.2, 0) is 9.59 Å². The van der Waals surface area contributed by atoms with Crippen LogP contribution in [0.2, 0.25) is 0 Å². The van der Waals surface area contributed by atoms with Gasteiger partial charge in [0.2, 0.25) is 5.91 Å². The summed E-state index contributed by atoms with van der Waals surface area (Å²) < 4.78 is 5.15. The van der Waals surface area contributed by atoms with Gasteiger partial charge in [-0.1, -0.05) is 6.92 Å². The molecule has 0 bridgehead atoms. The Morgan fingerprint density at radius 3 is 2.52 bits per heavy atom. The van der Waals surface area contributed by atoms with Crippen molar-refractivity contribution in [2.24, 2.45) is 0 Å². The summed E-state index contributed by atoms with van der Waals surface area (Å²) in [6.07, 6.45) is 2.31. The lowest BCUT2D eigenvalue weighted by atomic mass is 10.0. The number of nitrogens with zero attached hydrogens (tertiary/aromatic N) is 2. The van der Waals surface area contributed by atoms with Crippen LogP contribution in [0.15, 0.2) is 24.3 Å². The molecular formula is C16H20N2O3. The van der Waals surface area contributed by atoms with Gasteiger partial charge < -0.3 is 9.64 Å². The Labute approximate surface area is 124 Å². The monoisotopic (exact) mass is 288 g/mol. The van der Waals surface area contributed by atoms with E-state index in [1.54, 1.807) is 16.9 Å². The van der Waals surface area contributed by atoms with Crippen molar-refractivity contribution in [2.45, 2.75) is 38.3 Å².